The Morgan fingerprint density at radius 2 is 1.76 bits per heavy atom. The Labute approximate surface area is 191 Å². The Hall–Kier alpha value is -3.92. The first-order valence-electron chi connectivity index (χ1n) is 10.1. The van der Waals surface area contributed by atoms with Gasteiger partial charge in [-0.05, 0) is 37.1 Å². The average Bonchev–Trinajstić information content (AvgIpc) is 3.13. The van der Waals surface area contributed by atoms with Gasteiger partial charge in [0.1, 0.15) is 0 Å². The van der Waals surface area contributed by atoms with Gasteiger partial charge >= 0.3 is 0 Å². The first-order valence-corrected chi connectivity index (χ1v) is 11.6. The van der Waals surface area contributed by atoms with Crippen LogP contribution in [0.2, 0.25) is 0 Å². The molecule has 0 aliphatic carbocycles. The van der Waals surface area contributed by atoms with E-state index in [0.29, 0.717) is 11.1 Å². The number of ether oxygens (including phenoxy) is 1. The first kappa shape index (κ1) is 22.3. The van der Waals surface area contributed by atoms with Gasteiger partial charge < -0.3 is 10.1 Å². The number of fused-ring (bicyclic) bond motifs is 1. The molecule has 0 saturated heterocycles. The quantitative estimate of drug-likeness (QED) is 0.449. The number of nitrogens with one attached hydrogen (secondary N) is 2. The van der Waals surface area contributed by atoms with E-state index in [9.17, 15) is 13.2 Å². The Kier molecular flexibility index (Phi) is 5.77. The number of para-hydroxylation sites is 2. The van der Waals surface area contributed by atoms with Crippen molar-refractivity contribution in [2.24, 2.45) is 7.05 Å². The zero-order chi connectivity index (χ0) is 23.8. The summed E-state index contributed by atoms with van der Waals surface area (Å²) < 4.78 is 35.8. The van der Waals surface area contributed by atoms with Crippen LogP contribution < -0.4 is 14.8 Å². The molecule has 1 amide bonds. The molecule has 4 aromatic rings. The summed E-state index contributed by atoms with van der Waals surface area (Å²) in [6.45, 7) is 3.63. The number of aromatic nitrogens is 3. The van der Waals surface area contributed by atoms with Crippen molar-refractivity contribution < 1.29 is 17.9 Å². The number of carbonyl (C=O) groups is 1. The molecule has 0 saturated carbocycles. The second-order valence-corrected chi connectivity index (χ2v) is 9.20. The van der Waals surface area contributed by atoms with Crippen LogP contribution in [0.1, 0.15) is 21.6 Å². The minimum Gasteiger partial charge on any atom is -0.480 e. The first-order chi connectivity index (χ1) is 15.7. The summed E-state index contributed by atoms with van der Waals surface area (Å²) >= 11 is 0. The SMILES string of the molecule is COc1ncc(NC(=O)c2nn(C)c3ccccc23)cc1S(=O)(=O)Nc1c(C)cccc1C. The molecule has 2 aromatic carbocycles. The zero-order valence-electron chi connectivity index (χ0n) is 18.6. The molecule has 0 atom stereocenters. The van der Waals surface area contributed by atoms with Crippen molar-refractivity contribution in [3.63, 3.8) is 0 Å². The van der Waals surface area contributed by atoms with Gasteiger partial charge in [-0.1, -0.05) is 36.4 Å². The van der Waals surface area contributed by atoms with Crippen LogP contribution in [-0.2, 0) is 17.1 Å². The number of pyridine rings is 1. The molecule has 0 spiro atoms. The lowest BCUT2D eigenvalue weighted by Gasteiger charge is -2.15. The number of methoxy groups -OCH3 is 1. The van der Waals surface area contributed by atoms with Crippen molar-refractivity contribution in [3.05, 3.63) is 71.5 Å². The van der Waals surface area contributed by atoms with Crippen LogP contribution in [0.5, 0.6) is 5.88 Å². The molecule has 33 heavy (non-hydrogen) atoms. The highest BCUT2D eigenvalue weighted by atomic mass is 32.2. The zero-order valence-corrected chi connectivity index (χ0v) is 19.4. The molecule has 2 aromatic heterocycles. The Bertz CT molecular complexity index is 1460. The van der Waals surface area contributed by atoms with Gasteiger partial charge in [0.15, 0.2) is 10.6 Å². The summed E-state index contributed by atoms with van der Waals surface area (Å²) in [4.78, 5) is 16.8. The van der Waals surface area contributed by atoms with Gasteiger partial charge in [0, 0.05) is 12.4 Å². The predicted molar refractivity (Wildman–Crippen MR) is 126 cm³/mol. The molecule has 0 fully saturated rings. The van der Waals surface area contributed by atoms with E-state index in [2.05, 4.69) is 20.1 Å². The van der Waals surface area contributed by atoms with E-state index in [0.717, 1.165) is 16.6 Å². The summed E-state index contributed by atoms with van der Waals surface area (Å²) in [6, 6.07) is 14.1. The Balaban J connectivity index is 1.69. The van der Waals surface area contributed by atoms with Crippen LogP contribution in [0.25, 0.3) is 10.9 Å². The minimum atomic E-state index is -4.06. The van der Waals surface area contributed by atoms with E-state index in [1.807, 2.05) is 50.2 Å². The standard InChI is InChI=1S/C23H23N5O4S/c1-14-8-7-9-15(2)20(14)27-33(30,31)19-12-16(13-24-23(19)32-4)25-22(29)21-17-10-5-6-11-18(17)28(3)26-21/h5-13,27H,1-4H3,(H,25,29). The van der Waals surface area contributed by atoms with Crippen LogP contribution in [0.3, 0.4) is 0 Å². The number of hydrogen-bond donors (Lipinski definition) is 2. The lowest BCUT2D eigenvalue weighted by atomic mass is 10.1. The summed E-state index contributed by atoms with van der Waals surface area (Å²) in [7, 11) is -0.983. The maximum absolute atomic E-state index is 13.2. The highest BCUT2D eigenvalue weighted by molar-refractivity contribution is 7.92. The fraction of sp³-hybridized carbons (Fsp3) is 0.174. The van der Waals surface area contributed by atoms with E-state index in [1.165, 1.54) is 19.4 Å². The van der Waals surface area contributed by atoms with Gasteiger partial charge in [-0.25, -0.2) is 13.4 Å². The molecule has 170 valence electrons. The van der Waals surface area contributed by atoms with Gasteiger partial charge in [0.2, 0.25) is 5.88 Å². The largest absolute Gasteiger partial charge is 0.480 e. The van der Waals surface area contributed by atoms with Crippen molar-refractivity contribution in [3.8, 4) is 5.88 Å². The van der Waals surface area contributed by atoms with Crippen LogP contribution in [0.4, 0.5) is 11.4 Å². The van der Waals surface area contributed by atoms with E-state index in [-0.39, 0.29) is 22.2 Å². The third-order valence-electron chi connectivity index (χ3n) is 5.25. The number of carbonyl (C=O) groups excluding carboxylic acids is 1. The minimum absolute atomic E-state index is 0.0879. The molecule has 2 heterocycles. The summed E-state index contributed by atoms with van der Waals surface area (Å²) in [5, 5.41) is 7.67. The topological polar surface area (TPSA) is 115 Å². The number of benzene rings is 2. The third kappa shape index (κ3) is 4.24. The Morgan fingerprint density at radius 3 is 2.45 bits per heavy atom. The number of nitrogens with zero attached hydrogens (tertiary/aromatic N) is 3. The molecule has 9 nitrogen and oxygen atoms in total. The fourth-order valence-electron chi connectivity index (χ4n) is 3.58. The van der Waals surface area contributed by atoms with Crippen molar-refractivity contribution in [2.75, 3.05) is 17.1 Å². The van der Waals surface area contributed by atoms with Crippen LogP contribution in [0, 0.1) is 13.8 Å². The number of sulfonamides is 1. The molecule has 0 aliphatic heterocycles. The highest BCUT2D eigenvalue weighted by Gasteiger charge is 2.24. The van der Waals surface area contributed by atoms with Crippen LogP contribution in [-0.4, -0.2) is 36.2 Å². The number of aryl methyl sites for hydroxylation is 3. The van der Waals surface area contributed by atoms with E-state index < -0.39 is 15.9 Å². The summed E-state index contributed by atoms with van der Waals surface area (Å²) in [5.74, 6) is -0.570. The van der Waals surface area contributed by atoms with Crippen LogP contribution >= 0.6 is 0 Å². The second kappa shape index (κ2) is 8.55. The molecule has 4 rings (SSSR count). The number of rotatable bonds is 6. The maximum Gasteiger partial charge on any atom is 0.276 e. The molecule has 0 unspecified atom stereocenters. The van der Waals surface area contributed by atoms with E-state index in [1.54, 1.807) is 17.8 Å². The molecule has 10 heteroatoms. The lowest BCUT2D eigenvalue weighted by molar-refractivity contribution is 0.102. The molecule has 0 radical (unpaired) electrons. The van der Waals surface area contributed by atoms with Gasteiger partial charge in [0.05, 0.1) is 30.2 Å². The lowest BCUT2D eigenvalue weighted by Crippen LogP contribution is -2.18. The summed E-state index contributed by atoms with van der Waals surface area (Å²) in [5.41, 5.74) is 3.25. The predicted octanol–water partition coefficient (Wildman–Crippen LogP) is 3.65. The molecular weight excluding hydrogens is 442 g/mol. The second-order valence-electron chi connectivity index (χ2n) is 7.55. The average molecular weight is 466 g/mol. The van der Waals surface area contributed by atoms with Gasteiger partial charge in [-0.3, -0.25) is 14.2 Å². The number of hydrogen-bond acceptors (Lipinski definition) is 6. The summed E-state index contributed by atoms with van der Waals surface area (Å²) in [6.07, 6.45) is 1.33. The van der Waals surface area contributed by atoms with Crippen molar-refractivity contribution in [2.45, 2.75) is 18.7 Å². The normalized spacial score (nSPS) is 11.4. The van der Waals surface area contributed by atoms with E-state index in [4.69, 9.17) is 4.74 Å². The smallest absolute Gasteiger partial charge is 0.276 e. The highest BCUT2D eigenvalue weighted by Crippen LogP contribution is 2.29. The van der Waals surface area contributed by atoms with Crippen molar-refractivity contribution in [1.82, 2.24) is 14.8 Å². The van der Waals surface area contributed by atoms with E-state index >= 15 is 0 Å². The third-order valence-corrected chi connectivity index (χ3v) is 6.59. The number of amides is 1. The van der Waals surface area contributed by atoms with Gasteiger partial charge in [0.25, 0.3) is 15.9 Å². The molecule has 0 aliphatic rings. The number of anilines is 2. The van der Waals surface area contributed by atoms with Gasteiger partial charge in [-0.2, -0.15) is 5.10 Å². The molecule has 0 bridgehead atoms. The molecule has 2 N–H and O–H groups in total. The Morgan fingerprint density at radius 1 is 1.06 bits per heavy atom. The van der Waals surface area contributed by atoms with Crippen molar-refractivity contribution in [1.29, 1.82) is 0 Å². The van der Waals surface area contributed by atoms with Crippen molar-refractivity contribution >= 4 is 38.2 Å². The maximum atomic E-state index is 13.2. The molecular formula is C23H23N5O4S. The monoisotopic (exact) mass is 465 g/mol. The van der Waals surface area contributed by atoms with Gasteiger partial charge in [-0.15, -0.1) is 0 Å². The fourth-order valence-corrected chi connectivity index (χ4v) is 4.93. The van der Waals surface area contributed by atoms with Crippen LogP contribution in [0.15, 0.2) is 59.6 Å².